The predicted molar refractivity (Wildman–Crippen MR) is 82.4 cm³/mol. The molecule has 0 aliphatic rings. The third-order valence-corrected chi connectivity index (χ3v) is 3.73. The van der Waals surface area contributed by atoms with Gasteiger partial charge < -0.3 is 5.32 Å². The molecule has 0 radical (unpaired) electrons. The zero-order chi connectivity index (χ0) is 16.2. The van der Waals surface area contributed by atoms with Gasteiger partial charge in [0.15, 0.2) is 0 Å². The van der Waals surface area contributed by atoms with E-state index in [9.17, 15) is 13.6 Å². The topological polar surface area (TPSA) is 54.9 Å². The van der Waals surface area contributed by atoms with Crippen LogP contribution in [0.15, 0.2) is 41.6 Å². The van der Waals surface area contributed by atoms with Gasteiger partial charge in [-0.15, -0.1) is 11.8 Å². The first-order chi connectivity index (χ1) is 10.4. The Labute approximate surface area is 131 Å². The highest BCUT2D eigenvalue weighted by Gasteiger charge is 2.24. The highest BCUT2D eigenvalue weighted by atomic mass is 32.2. The molecule has 2 aromatic heterocycles. The molecule has 0 saturated carbocycles. The molecule has 0 bridgehead atoms. The van der Waals surface area contributed by atoms with Crippen molar-refractivity contribution in [2.75, 3.05) is 11.1 Å². The molecular weight excluding hydrogens is 308 g/mol. The molecule has 2 aromatic rings. The second-order valence-electron chi connectivity index (χ2n) is 4.56. The van der Waals surface area contributed by atoms with E-state index in [1.165, 1.54) is 30.1 Å². The Bertz CT molecular complexity index is 657. The molecule has 0 atom stereocenters. The Morgan fingerprint density at radius 2 is 2.09 bits per heavy atom. The number of halogens is 2. The minimum Gasteiger partial charge on any atom is -0.305 e. The first-order valence-electron chi connectivity index (χ1n) is 6.65. The smallest absolute Gasteiger partial charge is 0.276 e. The second-order valence-corrected chi connectivity index (χ2v) is 5.86. The van der Waals surface area contributed by atoms with Gasteiger partial charge in [-0.2, -0.15) is 0 Å². The third kappa shape index (κ3) is 4.00. The zero-order valence-electron chi connectivity index (χ0n) is 12.1. The molecule has 0 aliphatic carbocycles. The van der Waals surface area contributed by atoms with E-state index < -0.39 is 11.8 Å². The number of amides is 1. The van der Waals surface area contributed by atoms with Crippen molar-refractivity contribution in [3.05, 3.63) is 47.9 Å². The first-order valence-corrected chi connectivity index (χ1v) is 7.64. The lowest BCUT2D eigenvalue weighted by Gasteiger charge is -2.11. The van der Waals surface area contributed by atoms with Gasteiger partial charge >= 0.3 is 0 Å². The van der Waals surface area contributed by atoms with Crippen molar-refractivity contribution in [2.24, 2.45) is 0 Å². The molecule has 0 spiro atoms. The molecule has 2 heterocycles. The summed E-state index contributed by atoms with van der Waals surface area (Å²) in [5.41, 5.74) is 0.0895. The summed E-state index contributed by atoms with van der Waals surface area (Å²) in [5.74, 6) is -2.36. The van der Waals surface area contributed by atoms with E-state index >= 15 is 0 Å². The minimum absolute atomic E-state index is 0.203. The number of alkyl halides is 2. The summed E-state index contributed by atoms with van der Waals surface area (Å²) >= 11 is 1.50. The van der Waals surface area contributed by atoms with Crippen LogP contribution in [0.2, 0.25) is 0 Å². The summed E-state index contributed by atoms with van der Waals surface area (Å²) in [6, 6.07) is 6.15. The van der Waals surface area contributed by atoms with Crippen LogP contribution in [-0.4, -0.2) is 21.6 Å². The van der Waals surface area contributed by atoms with Gasteiger partial charge in [0.25, 0.3) is 11.8 Å². The van der Waals surface area contributed by atoms with Crippen LogP contribution >= 0.6 is 11.8 Å². The molecule has 22 heavy (non-hydrogen) atoms. The van der Waals surface area contributed by atoms with Crippen molar-refractivity contribution in [1.82, 2.24) is 9.97 Å². The summed E-state index contributed by atoms with van der Waals surface area (Å²) < 4.78 is 26.2. The third-order valence-electron chi connectivity index (χ3n) is 2.80. The van der Waals surface area contributed by atoms with Crippen molar-refractivity contribution in [3.8, 4) is 0 Å². The fourth-order valence-corrected chi connectivity index (χ4v) is 2.50. The van der Waals surface area contributed by atoms with Crippen molar-refractivity contribution >= 4 is 23.5 Å². The van der Waals surface area contributed by atoms with Crippen LogP contribution in [0.1, 0.15) is 29.9 Å². The average Bonchev–Trinajstić information content (AvgIpc) is 2.47. The fraction of sp³-hybridized carbons (Fsp3) is 0.267. The Hall–Kier alpha value is -2.02. The van der Waals surface area contributed by atoms with Gasteiger partial charge in [-0.1, -0.05) is 6.92 Å². The van der Waals surface area contributed by atoms with Gasteiger partial charge in [-0.3, -0.25) is 4.79 Å². The number of hydrogen-bond acceptors (Lipinski definition) is 4. The van der Waals surface area contributed by atoms with Crippen molar-refractivity contribution in [1.29, 1.82) is 0 Å². The molecule has 7 heteroatoms. The van der Waals surface area contributed by atoms with Crippen molar-refractivity contribution < 1.29 is 13.6 Å². The van der Waals surface area contributed by atoms with Gasteiger partial charge in [-0.05, 0) is 30.0 Å². The normalized spacial score (nSPS) is 11.3. The van der Waals surface area contributed by atoms with Gasteiger partial charge in [0.1, 0.15) is 11.5 Å². The molecule has 0 unspecified atom stereocenters. The number of aromatic nitrogens is 2. The zero-order valence-corrected chi connectivity index (χ0v) is 13.0. The second kappa shape index (κ2) is 6.83. The highest BCUT2D eigenvalue weighted by Crippen LogP contribution is 2.27. The summed E-state index contributed by atoms with van der Waals surface area (Å²) in [5, 5.41) is 2.56. The number of nitrogens with zero attached hydrogens (tertiary/aromatic N) is 2. The summed E-state index contributed by atoms with van der Waals surface area (Å²) in [4.78, 5) is 20.9. The molecule has 116 valence electrons. The van der Waals surface area contributed by atoms with Crippen LogP contribution in [0, 0.1) is 0 Å². The number of nitrogens with one attached hydrogen (secondary N) is 1. The highest BCUT2D eigenvalue weighted by molar-refractivity contribution is 7.99. The number of carbonyl (C=O) groups excluding carboxylic acids is 1. The number of thioether (sulfide) groups is 1. The van der Waals surface area contributed by atoms with Crippen LogP contribution in [0.3, 0.4) is 0 Å². The Kier molecular flexibility index (Phi) is 5.07. The van der Waals surface area contributed by atoms with Gasteiger partial charge in [0.05, 0.1) is 0 Å². The summed E-state index contributed by atoms with van der Waals surface area (Å²) in [6.07, 6.45) is 2.58. The van der Waals surface area contributed by atoms with E-state index in [1.54, 1.807) is 6.07 Å². The molecular formula is C15H15F2N3OS. The number of carbonyl (C=O) groups is 1. The van der Waals surface area contributed by atoms with Gasteiger partial charge in [0.2, 0.25) is 0 Å². The van der Waals surface area contributed by atoms with Crippen molar-refractivity contribution in [2.45, 2.75) is 24.7 Å². The Balaban J connectivity index is 2.16. The number of pyridine rings is 2. The maximum absolute atomic E-state index is 13.1. The predicted octanol–water partition coefficient (Wildman–Crippen LogP) is 3.95. The molecule has 1 amide bonds. The number of anilines is 1. The van der Waals surface area contributed by atoms with E-state index in [0.717, 1.165) is 23.8 Å². The van der Waals surface area contributed by atoms with Crippen LogP contribution in [0.25, 0.3) is 0 Å². The number of hydrogen-bond donors (Lipinski definition) is 1. The Morgan fingerprint density at radius 1 is 1.32 bits per heavy atom. The lowest BCUT2D eigenvalue weighted by molar-refractivity contribution is 0.0171. The maximum atomic E-state index is 13.1. The molecule has 2 rings (SSSR count). The average molecular weight is 323 g/mol. The molecule has 0 aromatic carbocycles. The monoisotopic (exact) mass is 323 g/mol. The molecule has 0 saturated heterocycles. The largest absolute Gasteiger partial charge is 0.305 e. The summed E-state index contributed by atoms with van der Waals surface area (Å²) in [6.45, 7) is 2.77. The SMILES string of the molecule is CCSc1cccnc1C(=O)Nc1ccc(C(C)(F)F)cn1. The van der Waals surface area contributed by atoms with Crippen LogP contribution < -0.4 is 5.32 Å². The van der Waals surface area contributed by atoms with E-state index in [0.29, 0.717) is 5.69 Å². The van der Waals surface area contributed by atoms with E-state index in [2.05, 4.69) is 15.3 Å². The molecule has 4 nitrogen and oxygen atoms in total. The van der Waals surface area contributed by atoms with Gasteiger partial charge in [-0.25, -0.2) is 18.7 Å². The fourth-order valence-electron chi connectivity index (χ4n) is 1.74. The van der Waals surface area contributed by atoms with E-state index in [4.69, 9.17) is 0 Å². The lowest BCUT2D eigenvalue weighted by Crippen LogP contribution is -2.16. The maximum Gasteiger partial charge on any atom is 0.276 e. The number of rotatable bonds is 5. The van der Waals surface area contributed by atoms with E-state index in [-0.39, 0.29) is 11.4 Å². The Morgan fingerprint density at radius 3 is 2.68 bits per heavy atom. The van der Waals surface area contributed by atoms with Crippen LogP contribution in [-0.2, 0) is 5.92 Å². The molecule has 0 fully saturated rings. The van der Waals surface area contributed by atoms with Crippen LogP contribution in [0.5, 0.6) is 0 Å². The van der Waals surface area contributed by atoms with E-state index in [1.807, 2.05) is 13.0 Å². The first kappa shape index (κ1) is 16.4. The lowest BCUT2D eigenvalue weighted by atomic mass is 10.2. The molecule has 0 aliphatic heterocycles. The quantitative estimate of drug-likeness (QED) is 0.847. The van der Waals surface area contributed by atoms with Crippen LogP contribution in [0.4, 0.5) is 14.6 Å². The molecule has 1 N–H and O–H groups in total. The van der Waals surface area contributed by atoms with Gasteiger partial charge in [0, 0.05) is 29.8 Å². The minimum atomic E-state index is -2.96. The summed E-state index contributed by atoms with van der Waals surface area (Å²) in [7, 11) is 0. The standard InChI is InChI=1S/C15H15F2N3OS/c1-3-22-11-5-4-8-18-13(11)14(21)20-12-7-6-10(9-19-12)15(2,16)17/h4-9H,3H2,1-2H3,(H,19,20,21). The van der Waals surface area contributed by atoms with Crippen molar-refractivity contribution in [3.63, 3.8) is 0 Å².